The Hall–Kier alpha value is -3.10. The molecule has 1 aliphatic heterocycles. The Morgan fingerprint density at radius 2 is 2.06 bits per heavy atom. The normalized spacial score (nSPS) is 16.6. The molecule has 7 nitrogen and oxygen atoms in total. The summed E-state index contributed by atoms with van der Waals surface area (Å²) in [6.07, 6.45) is 3.76. The maximum Gasteiger partial charge on any atom is 0.240 e. The molecule has 3 heterocycles. The van der Waals surface area contributed by atoms with Crippen molar-refractivity contribution in [2.24, 2.45) is 0 Å². The third-order valence-corrected chi connectivity index (χ3v) is 5.91. The summed E-state index contributed by atoms with van der Waals surface area (Å²) in [5.41, 5.74) is 3.63. The van der Waals surface area contributed by atoms with Crippen LogP contribution in [-0.4, -0.2) is 46.3 Å². The molecule has 1 aromatic carbocycles. The number of carbonyl (C=O) groups is 2. The molecular formula is C23H25N5O2S. The predicted octanol–water partition coefficient (Wildman–Crippen LogP) is 3.98. The van der Waals surface area contributed by atoms with Crippen molar-refractivity contribution in [1.29, 1.82) is 0 Å². The molecule has 0 spiro atoms. The highest BCUT2D eigenvalue weighted by molar-refractivity contribution is 7.13. The van der Waals surface area contributed by atoms with Crippen LogP contribution < -0.4 is 10.6 Å². The number of nitrogens with zero attached hydrogens (tertiary/aromatic N) is 3. The van der Waals surface area contributed by atoms with E-state index in [1.54, 1.807) is 6.20 Å². The van der Waals surface area contributed by atoms with Crippen LogP contribution >= 0.6 is 11.3 Å². The van der Waals surface area contributed by atoms with Gasteiger partial charge in [-0.25, -0.2) is 4.98 Å². The Kier molecular flexibility index (Phi) is 6.69. The minimum atomic E-state index is -0.0972. The first-order valence-electron chi connectivity index (χ1n) is 10.3. The summed E-state index contributed by atoms with van der Waals surface area (Å²) in [4.78, 5) is 34.9. The molecule has 0 saturated carbocycles. The van der Waals surface area contributed by atoms with E-state index < -0.39 is 0 Å². The molecule has 3 aromatic rings. The molecule has 1 atom stereocenters. The largest absolute Gasteiger partial charge is 0.326 e. The van der Waals surface area contributed by atoms with E-state index in [-0.39, 0.29) is 17.7 Å². The van der Waals surface area contributed by atoms with E-state index in [1.807, 2.05) is 41.8 Å². The number of aromatic nitrogens is 2. The van der Waals surface area contributed by atoms with E-state index >= 15 is 0 Å². The Labute approximate surface area is 185 Å². The van der Waals surface area contributed by atoms with Gasteiger partial charge < -0.3 is 10.6 Å². The molecule has 31 heavy (non-hydrogen) atoms. The van der Waals surface area contributed by atoms with Crippen molar-refractivity contribution in [2.75, 3.05) is 30.3 Å². The molecule has 2 aromatic heterocycles. The molecular weight excluding hydrogens is 410 g/mol. The van der Waals surface area contributed by atoms with Crippen LogP contribution in [0.2, 0.25) is 0 Å². The van der Waals surface area contributed by atoms with Crippen LogP contribution in [0, 0.1) is 0 Å². The number of hydrogen-bond donors (Lipinski definition) is 2. The van der Waals surface area contributed by atoms with Crippen molar-refractivity contribution in [3.8, 4) is 11.3 Å². The Morgan fingerprint density at radius 1 is 1.19 bits per heavy atom. The van der Waals surface area contributed by atoms with E-state index in [1.165, 1.54) is 18.3 Å². The third kappa shape index (κ3) is 5.74. The number of pyridine rings is 1. The number of carbonyl (C=O) groups excluding carboxylic acids is 2. The van der Waals surface area contributed by atoms with E-state index in [4.69, 9.17) is 4.98 Å². The molecule has 0 radical (unpaired) electrons. The van der Waals surface area contributed by atoms with Crippen molar-refractivity contribution < 1.29 is 9.59 Å². The zero-order valence-corrected chi connectivity index (χ0v) is 18.2. The topological polar surface area (TPSA) is 87.2 Å². The van der Waals surface area contributed by atoms with E-state index in [0.29, 0.717) is 11.7 Å². The summed E-state index contributed by atoms with van der Waals surface area (Å²) in [6.45, 7) is 3.56. The monoisotopic (exact) mass is 435 g/mol. The van der Waals surface area contributed by atoms with Gasteiger partial charge in [0.15, 0.2) is 5.13 Å². The van der Waals surface area contributed by atoms with E-state index in [2.05, 4.69) is 26.6 Å². The number of amides is 2. The molecule has 0 bridgehead atoms. The molecule has 160 valence electrons. The molecule has 1 fully saturated rings. The second kappa shape index (κ2) is 9.80. The van der Waals surface area contributed by atoms with Crippen LogP contribution in [0.3, 0.4) is 0 Å². The van der Waals surface area contributed by atoms with Gasteiger partial charge in [-0.3, -0.25) is 19.5 Å². The fourth-order valence-electron chi connectivity index (χ4n) is 3.89. The summed E-state index contributed by atoms with van der Waals surface area (Å²) in [6, 6.07) is 13.8. The number of hydrogen-bond acceptors (Lipinski definition) is 6. The minimum Gasteiger partial charge on any atom is -0.326 e. The van der Waals surface area contributed by atoms with Gasteiger partial charge in [-0.1, -0.05) is 18.2 Å². The van der Waals surface area contributed by atoms with Crippen molar-refractivity contribution in [1.82, 2.24) is 14.9 Å². The maximum absolute atomic E-state index is 12.3. The van der Waals surface area contributed by atoms with Crippen LogP contribution in [-0.2, 0) is 9.59 Å². The number of rotatable bonds is 6. The summed E-state index contributed by atoms with van der Waals surface area (Å²) < 4.78 is 0. The Morgan fingerprint density at radius 3 is 2.87 bits per heavy atom. The average molecular weight is 436 g/mol. The predicted molar refractivity (Wildman–Crippen MR) is 123 cm³/mol. The van der Waals surface area contributed by atoms with Crippen LogP contribution in [0.1, 0.15) is 31.4 Å². The van der Waals surface area contributed by atoms with Gasteiger partial charge in [0, 0.05) is 47.9 Å². The number of likely N-dealkylation sites (tertiary alicyclic amines) is 1. The quantitative estimate of drug-likeness (QED) is 0.612. The standard InChI is InChI=1S/C23H25N5O2S/c1-16(29)25-19-7-2-5-17(13-19)20-8-3-9-21(26-20)18-6-4-11-28(14-18)15-22(30)27-23-24-10-12-31-23/h2-3,5,7-10,12-13,18H,4,6,11,14-15H2,1H3,(H,25,29)(H,24,27,30)/t18-/m1/s1. The average Bonchev–Trinajstić information content (AvgIpc) is 3.26. The van der Waals surface area contributed by atoms with Crippen LogP contribution in [0.5, 0.6) is 0 Å². The molecule has 0 aliphatic carbocycles. The first-order valence-corrected chi connectivity index (χ1v) is 11.2. The number of benzene rings is 1. The second-order valence-corrected chi connectivity index (χ2v) is 8.56. The van der Waals surface area contributed by atoms with Crippen molar-refractivity contribution in [3.63, 3.8) is 0 Å². The molecule has 2 N–H and O–H groups in total. The highest BCUT2D eigenvalue weighted by Crippen LogP contribution is 2.28. The van der Waals surface area contributed by atoms with Crippen LogP contribution in [0.15, 0.2) is 54.0 Å². The van der Waals surface area contributed by atoms with Gasteiger partial charge in [-0.05, 0) is 43.7 Å². The molecule has 1 aliphatic rings. The van der Waals surface area contributed by atoms with E-state index in [0.717, 1.165) is 48.6 Å². The summed E-state index contributed by atoms with van der Waals surface area (Å²) in [7, 11) is 0. The van der Waals surface area contributed by atoms with Gasteiger partial charge in [-0.15, -0.1) is 11.3 Å². The summed E-state index contributed by atoms with van der Waals surface area (Å²) in [5.74, 6) is 0.145. The number of thiazole rings is 1. The molecule has 0 unspecified atom stereocenters. The highest BCUT2D eigenvalue weighted by Gasteiger charge is 2.24. The minimum absolute atomic E-state index is 0.0351. The Balaban J connectivity index is 1.43. The fraction of sp³-hybridized carbons (Fsp3) is 0.304. The van der Waals surface area contributed by atoms with Gasteiger partial charge in [0.1, 0.15) is 0 Å². The highest BCUT2D eigenvalue weighted by atomic mass is 32.1. The molecule has 2 amide bonds. The second-order valence-electron chi connectivity index (χ2n) is 7.67. The van der Waals surface area contributed by atoms with Gasteiger partial charge in [-0.2, -0.15) is 0 Å². The zero-order valence-electron chi connectivity index (χ0n) is 17.4. The smallest absolute Gasteiger partial charge is 0.240 e. The lowest BCUT2D eigenvalue weighted by Gasteiger charge is -2.32. The molecule has 4 rings (SSSR count). The fourth-order valence-corrected chi connectivity index (χ4v) is 4.43. The van der Waals surface area contributed by atoms with E-state index in [9.17, 15) is 9.59 Å². The lowest BCUT2D eigenvalue weighted by Crippen LogP contribution is -2.40. The molecule has 1 saturated heterocycles. The van der Waals surface area contributed by atoms with Gasteiger partial charge in [0.2, 0.25) is 11.8 Å². The summed E-state index contributed by atoms with van der Waals surface area (Å²) in [5, 5.41) is 8.15. The van der Waals surface area contributed by atoms with Gasteiger partial charge in [0.05, 0.1) is 12.2 Å². The van der Waals surface area contributed by atoms with Crippen molar-refractivity contribution in [2.45, 2.75) is 25.7 Å². The lowest BCUT2D eigenvalue weighted by atomic mass is 9.94. The SMILES string of the molecule is CC(=O)Nc1cccc(-c2cccc([C@@H]3CCCN(CC(=O)Nc4nccs4)C3)n2)c1. The van der Waals surface area contributed by atoms with Crippen LogP contribution in [0.25, 0.3) is 11.3 Å². The van der Waals surface area contributed by atoms with Gasteiger partial charge >= 0.3 is 0 Å². The van der Waals surface area contributed by atoms with Crippen molar-refractivity contribution in [3.05, 3.63) is 59.7 Å². The number of nitrogens with one attached hydrogen (secondary N) is 2. The Bertz CT molecular complexity index is 1050. The third-order valence-electron chi connectivity index (χ3n) is 5.22. The maximum atomic E-state index is 12.3. The van der Waals surface area contributed by atoms with Crippen LogP contribution in [0.4, 0.5) is 10.8 Å². The number of anilines is 2. The molecule has 8 heteroatoms. The van der Waals surface area contributed by atoms with Gasteiger partial charge in [0.25, 0.3) is 0 Å². The lowest BCUT2D eigenvalue weighted by molar-refractivity contribution is -0.117. The van der Waals surface area contributed by atoms with Crippen molar-refractivity contribution >= 4 is 34.0 Å². The first-order chi connectivity index (χ1) is 15.1. The number of piperidine rings is 1. The summed E-state index contributed by atoms with van der Waals surface area (Å²) >= 11 is 1.42. The first kappa shape index (κ1) is 21.1. The zero-order chi connectivity index (χ0) is 21.6.